The van der Waals surface area contributed by atoms with E-state index in [2.05, 4.69) is 154 Å². The van der Waals surface area contributed by atoms with Crippen LogP contribution < -0.4 is 10.2 Å². The standard InChI is InChI=1S/C39H50NP.BrH/c1-5-8-31-41(4,32-9-6-2,33-10-7-3)39-29-25-35(26-30-39)22-21-34-23-27-38(28-24-34)40(36-17-13-11-14-18-36)37-19-15-12-16-20-37;/h11-30H,5-10,31-33H2,1-4H3;1H. The molecule has 0 aliphatic carbocycles. The number of halogens is 1. The summed E-state index contributed by atoms with van der Waals surface area (Å²) in [6.07, 6.45) is 16.7. The van der Waals surface area contributed by atoms with Crippen LogP contribution in [0.1, 0.15) is 70.4 Å². The third kappa shape index (κ3) is 8.46. The zero-order valence-electron chi connectivity index (χ0n) is 26.2. The summed E-state index contributed by atoms with van der Waals surface area (Å²) < 4.78 is 0. The number of hydrogen-bond acceptors (Lipinski definition) is 1. The van der Waals surface area contributed by atoms with Crippen LogP contribution in [0.3, 0.4) is 0 Å². The fourth-order valence-electron chi connectivity index (χ4n) is 6.16. The molecule has 0 heterocycles. The van der Waals surface area contributed by atoms with Gasteiger partial charge in [-0.25, -0.2) is 0 Å². The molecule has 0 radical (unpaired) electrons. The average Bonchev–Trinajstić information content (AvgIpc) is 3.03. The Morgan fingerprint density at radius 1 is 0.500 bits per heavy atom. The van der Waals surface area contributed by atoms with Crippen LogP contribution in [0, 0.1) is 0 Å². The molecule has 3 heteroatoms. The summed E-state index contributed by atoms with van der Waals surface area (Å²) in [5, 5.41) is 1.66. The van der Waals surface area contributed by atoms with E-state index in [1.807, 2.05) is 0 Å². The van der Waals surface area contributed by atoms with Crippen LogP contribution in [0.15, 0.2) is 109 Å². The fraction of sp³-hybridized carbons (Fsp3) is 0.333. The molecule has 0 unspecified atom stereocenters. The van der Waals surface area contributed by atoms with Crippen LogP contribution in [0.4, 0.5) is 17.1 Å². The third-order valence-electron chi connectivity index (χ3n) is 8.84. The van der Waals surface area contributed by atoms with E-state index in [0.29, 0.717) is 0 Å². The maximum absolute atomic E-state index is 2.72. The summed E-state index contributed by atoms with van der Waals surface area (Å²) in [5.41, 5.74) is 5.96. The van der Waals surface area contributed by atoms with Gasteiger partial charge in [0.05, 0.1) is 0 Å². The van der Waals surface area contributed by atoms with E-state index in [0.717, 1.165) is 17.1 Å². The molecule has 0 N–H and O–H groups in total. The zero-order chi connectivity index (χ0) is 29.0. The van der Waals surface area contributed by atoms with Crippen molar-refractivity contribution >= 4 is 58.1 Å². The van der Waals surface area contributed by atoms with Gasteiger partial charge in [-0.05, 0) is 24.3 Å². The van der Waals surface area contributed by atoms with Crippen molar-refractivity contribution in [2.45, 2.75) is 59.3 Å². The van der Waals surface area contributed by atoms with Gasteiger partial charge in [-0.3, -0.25) is 0 Å². The summed E-state index contributed by atoms with van der Waals surface area (Å²) >= 11 is 0. The molecule has 42 heavy (non-hydrogen) atoms. The van der Waals surface area contributed by atoms with Gasteiger partial charge >= 0.3 is 190 Å². The van der Waals surface area contributed by atoms with Gasteiger partial charge in [-0.2, -0.15) is 0 Å². The molecule has 0 aliphatic heterocycles. The topological polar surface area (TPSA) is 3.24 Å². The van der Waals surface area contributed by atoms with E-state index >= 15 is 0 Å². The first-order valence-electron chi connectivity index (χ1n) is 15.8. The van der Waals surface area contributed by atoms with E-state index in [1.54, 1.807) is 5.30 Å². The van der Waals surface area contributed by atoms with Gasteiger partial charge in [0.25, 0.3) is 0 Å². The zero-order valence-corrected chi connectivity index (χ0v) is 28.8. The van der Waals surface area contributed by atoms with Gasteiger partial charge in [0.2, 0.25) is 0 Å². The second-order valence-electron chi connectivity index (χ2n) is 12.1. The number of anilines is 3. The Bertz CT molecular complexity index is 1280. The summed E-state index contributed by atoms with van der Waals surface area (Å²) in [5.74, 6) is 0. The molecular formula is C39H51BrNP. The predicted molar refractivity (Wildman–Crippen MR) is 199 cm³/mol. The Balaban J connectivity index is 0.00000484. The molecule has 0 amide bonds. The van der Waals surface area contributed by atoms with Crippen LogP contribution in [-0.4, -0.2) is 25.2 Å². The van der Waals surface area contributed by atoms with Gasteiger partial charge in [0.15, 0.2) is 0 Å². The van der Waals surface area contributed by atoms with Gasteiger partial charge in [-0.1, -0.05) is 36.4 Å². The van der Waals surface area contributed by atoms with E-state index in [4.69, 9.17) is 0 Å². The Kier molecular flexibility index (Phi) is 13.1. The molecule has 0 aromatic heterocycles. The van der Waals surface area contributed by atoms with E-state index < -0.39 is 6.60 Å². The summed E-state index contributed by atoms with van der Waals surface area (Å²) in [6.45, 7) is 7.82. The molecule has 4 aromatic rings. The molecule has 1 nitrogen and oxygen atoms in total. The molecule has 0 saturated carbocycles. The van der Waals surface area contributed by atoms with Crippen LogP contribution in [-0.2, 0) is 0 Å². The molecule has 0 spiro atoms. The molecule has 4 aromatic carbocycles. The SMILES string of the molecule is Br.CCCCP(C)(CCCC)(CCCC)c1ccc(C=Cc2ccc(N(c3ccccc3)c3ccccc3)cc2)cc1. The molecule has 224 valence electrons. The van der Waals surface area contributed by atoms with E-state index in [1.165, 1.54) is 68.1 Å². The van der Waals surface area contributed by atoms with Gasteiger partial charge < -0.3 is 0 Å². The number of benzene rings is 4. The maximum atomic E-state index is 2.72. The summed E-state index contributed by atoms with van der Waals surface area (Å²) in [4.78, 5) is 2.30. The van der Waals surface area contributed by atoms with Gasteiger partial charge in [0.1, 0.15) is 0 Å². The molecule has 4 rings (SSSR count). The number of rotatable bonds is 15. The number of hydrogen-bond donors (Lipinski definition) is 0. The van der Waals surface area contributed by atoms with Crippen LogP contribution in [0.2, 0.25) is 0 Å². The van der Waals surface area contributed by atoms with Gasteiger partial charge in [-0.15, -0.1) is 17.0 Å². The number of para-hydroxylation sites is 2. The van der Waals surface area contributed by atoms with Crippen LogP contribution in [0.5, 0.6) is 0 Å². The first-order valence-corrected chi connectivity index (χ1v) is 19.0. The minimum atomic E-state index is -1.95. The van der Waals surface area contributed by atoms with Crippen molar-refractivity contribution in [2.75, 3.05) is 30.1 Å². The molecule has 0 fully saturated rings. The molecule has 0 bridgehead atoms. The molecule has 0 aliphatic rings. The first kappa shape index (κ1) is 33.8. The van der Waals surface area contributed by atoms with Crippen molar-refractivity contribution < 1.29 is 0 Å². The summed E-state index contributed by atoms with van der Waals surface area (Å²) in [6, 6.07) is 39.7. The van der Waals surface area contributed by atoms with Crippen molar-refractivity contribution in [2.24, 2.45) is 0 Å². The average molecular weight is 645 g/mol. The Labute approximate surface area is 266 Å². The Morgan fingerprint density at radius 3 is 1.24 bits per heavy atom. The van der Waals surface area contributed by atoms with Crippen molar-refractivity contribution in [3.63, 3.8) is 0 Å². The molecular weight excluding hydrogens is 593 g/mol. The third-order valence-corrected chi connectivity index (χ3v) is 15.6. The normalized spacial score (nSPS) is 12.4. The van der Waals surface area contributed by atoms with E-state index in [-0.39, 0.29) is 17.0 Å². The Hall–Kier alpha value is -2.67. The number of nitrogens with zero attached hydrogens (tertiary/aromatic N) is 1. The first-order chi connectivity index (χ1) is 20.0. The van der Waals surface area contributed by atoms with Crippen molar-refractivity contribution in [1.29, 1.82) is 0 Å². The predicted octanol–water partition coefficient (Wildman–Crippen LogP) is 12.1. The van der Waals surface area contributed by atoms with Crippen molar-refractivity contribution in [3.8, 4) is 0 Å². The fourth-order valence-corrected chi connectivity index (χ4v) is 12.4. The van der Waals surface area contributed by atoms with Crippen LogP contribution >= 0.6 is 23.6 Å². The number of unbranched alkanes of at least 4 members (excludes halogenated alkanes) is 3. The van der Waals surface area contributed by atoms with Crippen molar-refractivity contribution in [1.82, 2.24) is 0 Å². The molecule has 0 saturated heterocycles. The minimum absolute atomic E-state index is 0. The quantitative estimate of drug-likeness (QED) is 0.0919. The summed E-state index contributed by atoms with van der Waals surface area (Å²) in [7, 11) is 0. The van der Waals surface area contributed by atoms with E-state index in [9.17, 15) is 0 Å². The second-order valence-corrected chi connectivity index (χ2v) is 18.6. The van der Waals surface area contributed by atoms with Gasteiger partial charge in [0, 0.05) is 0 Å². The van der Waals surface area contributed by atoms with Crippen LogP contribution in [0.25, 0.3) is 12.2 Å². The monoisotopic (exact) mass is 643 g/mol. The second kappa shape index (κ2) is 16.3. The van der Waals surface area contributed by atoms with Crippen molar-refractivity contribution in [3.05, 3.63) is 120 Å². The molecule has 0 atom stereocenters. The Morgan fingerprint density at radius 2 is 0.857 bits per heavy atom.